The lowest BCUT2D eigenvalue weighted by Gasteiger charge is -2.09. The molecule has 0 amide bonds. The van der Waals surface area contributed by atoms with Gasteiger partial charge < -0.3 is 0 Å². The van der Waals surface area contributed by atoms with Gasteiger partial charge >= 0.3 is 0 Å². The van der Waals surface area contributed by atoms with Gasteiger partial charge in [0.15, 0.2) is 0 Å². The van der Waals surface area contributed by atoms with Crippen LogP contribution in [0.2, 0.25) is 0 Å². The molecule has 30 heavy (non-hydrogen) atoms. The molecule has 0 unspecified atom stereocenters. The monoisotopic (exact) mass is 404 g/mol. The Morgan fingerprint density at radius 2 is 1.27 bits per heavy atom. The molecule has 0 aliphatic carbocycles. The lowest BCUT2D eigenvalue weighted by molar-refractivity contribution is 0.583. The summed E-state index contributed by atoms with van der Waals surface area (Å²) < 4.78 is 41.7. The maximum Gasteiger partial charge on any atom is 0.131 e. The van der Waals surface area contributed by atoms with Gasteiger partial charge in [0.1, 0.15) is 17.5 Å². The summed E-state index contributed by atoms with van der Waals surface area (Å²) in [7, 11) is 0. The SMILES string of the molecule is CCCCCc1ccc2cc(-c3ccc(-c4cc(F)cc(F)c4)c(F)c3)ccc2c1. The summed E-state index contributed by atoms with van der Waals surface area (Å²) in [6, 6.07) is 20.4. The van der Waals surface area contributed by atoms with E-state index in [4.69, 9.17) is 0 Å². The van der Waals surface area contributed by atoms with Crippen LogP contribution in [-0.2, 0) is 6.42 Å². The topological polar surface area (TPSA) is 0 Å². The molecule has 0 bridgehead atoms. The van der Waals surface area contributed by atoms with E-state index in [0.717, 1.165) is 41.1 Å². The predicted octanol–water partition coefficient (Wildman–Crippen LogP) is 8.32. The molecule has 0 heterocycles. The van der Waals surface area contributed by atoms with Crippen molar-refractivity contribution in [1.82, 2.24) is 0 Å². The van der Waals surface area contributed by atoms with Gasteiger partial charge in [0, 0.05) is 11.6 Å². The third-order valence-electron chi connectivity index (χ3n) is 5.45. The number of unbranched alkanes of at least 4 members (excludes halogenated alkanes) is 2. The highest BCUT2D eigenvalue weighted by Crippen LogP contribution is 2.31. The second-order valence-corrected chi connectivity index (χ2v) is 7.71. The molecule has 0 nitrogen and oxygen atoms in total. The van der Waals surface area contributed by atoms with Crippen LogP contribution < -0.4 is 0 Å². The van der Waals surface area contributed by atoms with Crippen molar-refractivity contribution in [3.8, 4) is 22.3 Å². The van der Waals surface area contributed by atoms with Crippen LogP contribution in [0.3, 0.4) is 0 Å². The molecular formula is C27H23F3. The Labute approximate surface area is 175 Å². The highest BCUT2D eigenvalue weighted by atomic mass is 19.1. The van der Waals surface area contributed by atoms with Crippen LogP contribution in [0.5, 0.6) is 0 Å². The number of hydrogen-bond donors (Lipinski definition) is 0. The van der Waals surface area contributed by atoms with Gasteiger partial charge in [-0.1, -0.05) is 62.2 Å². The Hall–Kier alpha value is -3.07. The minimum Gasteiger partial charge on any atom is -0.207 e. The predicted molar refractivity (Wildman–Crippen MR) is 118 cm³/mol. The molecule has 0 atom stereocenters. The van der Waals surface area contributed by atoms with Crippen LogP contribution >= 0.6 is 0 Å². The number of hydrogen-bond acceptors (Lipinski definition) is 0. The largest absolute Gasteiger partial charge is 0.207 e. The van der Waals surface area contributed by atoms with E-state index in [-0.39, 0.29) is 11.1 Å². The number of rotatable bonds is 6. The Kier molecular flexibility index (Phi) is 5.89. The van der Waals surface area contributed by atoms with Gasteiger partial charge in [-0.15, -0.1) is 0 Å². The summed E-state index contributed by atoms with van der Waals surface area (Å²) in [6.45, 7) is 2.20. The standard InChI is InChI=1S/C27H23F3/c1-2-3-4-5-18-6-7-20-13-21(9-8-19(20)12-18)22-10-11-26(27(30)16-22)23-14-24(28)17-25(29)15-23/h6-17H,2-5H2,1H3. The van der Waals surface area contributed by atoms with E-state index in [1.54, 1.807) is 12.1 Å². The summed E-state index contributed by atoms with van der Waals surface area (Å²) in [5.74, 6) is -1.96. The van der Waals surface area contributed by atoms with Crippen LogP contribution in [-0.4, -0.2) is 0 Å². The Morgan fingerprint density at radius 3 is 2.00 bits per heavy atom. The molecule has 4 aromatic carbocycles. The van der Waals surface area contributed by atoms with Crippen molar-refractivity contribution >= 4 is 10.8 Å². The number of fused-ring (bicyclic) bond motifs is 1. The minimum absolute atomic E-state index is 0.176. The second-order valence-electron chi connectivity index (χ2n) is 7.71. The third-order valence-corrected chi connectivity index (χ3v) is 5.45. The molecule has 0 N–H and O–H groups in total. The molecule has 0 fully saturated rings. The van der Waals surface area contributed by atoms with E-state index >= 15 is 0 Å². The van der Waals surface area contributed by atoms with Gasteiger partial charge in [-0.3, -0.25) is 0 Å². The number of aryl methyl sites for hydroxylation is 1. The van der Waals surface area contributed by atoms with Crippen molar-refractivity contribution in [3.63, 3.8) is 0 Å². The first-order valence-electron chi connectivity index (χ1n) is 10.3. The van der Waals surface area contributed by atoms with Crippen LogP contribution in [0.25, 0.3) is 33.0 Å². The first-order valence-corrected chi connectivity index (χ1v) is 10.3. The summed E-state index contributed by atoms with van der Waals surface area (Å²) in [5, 5.41) is 2.27. The molecule has 4 aromatic rings. The lowest BCUT2D eigenvalue weighted by atomic mass is 9.96. The third kappa shape index (κ3) is 4.40. The maximum absolute atomic E-state index is 14.8. The van der Waals surface area contributed by atoms with Gasteiger partial charge in [-0.25, -0.2) is 13.2 Å². The summed E-state index contributed by atoms with van der Waals surface area (Å²) >= 11 is 0. The van der Waals surface area contributed by atoms with E-state index in [2.05, 4.69) is 31.2 Å². The van der Waals surface area contributed by atoms with Crippen molar-refractivity contribution in [2.45, 2.75) is 32.6 Å². The normalized spacial score (nSPS) is 11.2. The van der Waals surface area contributed by atoms with E-state index in [1.165, 1.54) is 36.3 Å². The van der Waals surface area contributed by atoms with Crippen molar-refractivity contribution in [2.75, 3.05) is 0 Å². The van der Waals surface area contributed by atoms with Crippen LogP contribution in [0.4, 0.5) is 13.2 Å². The number of benzene rings is 4. The highest BCUT2D eigenvalue weighted by Gasteiger charge is 2.10. The van der Waals surface area contributed by atoms with Gasteiger partial charge in [-0.2, -0.15) is 0 Å². The van der Waals surface area contributed by atoms with E-state index in [0.29, 0.717) is 0 Å². The molecular weight excluding hydrogens is 381 g/mol. The molecule has 0 aliphatic rings. The first-order chi connectivity index (χ1) is 14.5. The quantitative estimate of drug-likeness (QED) is 0.283. The van der Waals surface area contributed by atoms with Crippen LogP contribution in [0, 0.1) is 17.5 Å². The van der Waals surface area contributed by atoms with Gasteiger partial charge in [0.05, 0.1) is 0 Å². The van der Waals surface area contributed by atoms with Gasteiger partial charge in [0.25, 0.3) is 0 Å². The smallest absolute Gasteiger partial charge is 0.131 e. The summed E-state index contributed by atoms with van der Waals surface area (Å²) in [6.07, 6.45) is 4.72. The molecule has 0 saturated carbocycles. The number of halogens is 3. The fourth-order valence-corrected chi connectivity index (χ4v) is 3.85. The average Bonchev–Trinajstić information content (AvgIpc) is 2.72. The molecule has 152 valence electrons. The molecule has 0 aliphatic heterocycles. The van der Waals surface area contributed by atoms with Gasteiger partial charge in [-0.05, 0) is 70.1 Å². The van der Waals surface area contributed by atoms with Crippen molar-refractivity contribution in [3.05, 3.63) is 95.8 Å². The molecule has 0 saturated heterocycles. The van der Waals surface area contributed by atoms with Gasteiger partial charge in [0.2, 0.25) is 0 Å². The molecule has 3 heteroatoms. The molecule has 4 rings (SSSR count). The van der Waals surface area contributed by atoms with Crippen LogP contribution in [0.1, 0.15) is 31.7 Å². The van der Waals surface area contributed by atoms with Crippen molar-refractivity contribution in [1.29, 1.82) is 0 Å². The molecule has 0 spiro atoms. The fourth-order valence-electron chi connectivity index (χ4n) is 3.85. The first kappa shape index (κ1) is 20.2. The zero-order chi connectivity index (χ0) is 21.1. The van der Waals surface area contributed by atoms with E-state index < -0.39 is 17.5 Å². The van der Waals surface area contributed by atoms with E-state index in [9.17, 15) is 13.2 Å². The fraction of sp³-hybridized carbons (Fsp3) is 0.185. The maximum atomic E-state index is 14.8. The Morgan fingerprint density at radius 1 is 0.600 bits per heavy atom. The van der Waals surface area contributed by atoms with E-state index in [1.807, 2.05) is 12.1 Å². The summed E-state index contributed by atoms with van der Waals surface area (Å²) in [5.41, 5.74) is 3.32. The van der Waals surface area contributed by atoms with Crippen LogP contribution in [0.15, 0.2) is 72.8 Å². The Bertz CT molecular complexity index is 1170. The highest BCUT2D eigenvalue weighted by molar-refractivity contribution is 5.88. The lowest BCUT2D eigenvalue weighted by Crippen LogP contribution is -1.90. The second kappa shape index (κ2) is 8.74. The zero-order valence-corrected chi connectivity index (χ0v) is 16.9. The average molecular weight is 404 g/mol. The zero-order valence-electron chi connectivity index (χ0n) is 16.9. The molecule has 0 radical (unpaired) electrons. The van der Waals surface area contributed by atoms with Crippen molar-refractivity contribution < 1.29 is 13.2 Å². The minimum atomic E-state index is -0.725. The molecule has 0 aromatic heterocycles. The summed E-state index contributed by atoms with van der Waals surface area (Å²) in [4.78, 5) is 0. The Balaban J connectivity index is 1.63. The van der Waals surface area contributed by atoms with Crippen molar-refractivity contribution in [2.24, 2.45) is 0 Å².